The number of hydrogen-bond acceptors (Lipinski definition) is 3. The molecule has 1 aliphatic rings. The Morgan fingerprint density at radius 2 is 2.05 bits per heavy atom. The Morgan fingerprint density at radius 3 is 2.70 bits per heavy atom. The number of carboxylic acids is 1. The molecule has 110 valence electrons. The van der Waals surface area contributed by atoms with Crippen LogP contribution < -0.4 is 5.32 Å². The predicted molar refractivity (Wildman–Crippen MR) is 78.7 cm³/mol. The first-order valence-corrected chi connectivity index (χ1v) is 7.59. The van der Waals surface area contributed by atoms with Crippen LogP contribution in [0.5, 0.6) is 0 Å². The minimum absolute atomic E-state index is 0.117. The number of nitrogens with zero attached hydrogens (tertiary/aromatic N) is 1. The zero-order chi connectivity index (χ0) is 14.4. The third-order valence-corrected chi connectivity index (χ3v) is 4.24. The predicted octanol–water partition coefficient (Wildman–Crippen LogP) is 3.23. The van der Waals surface area contributed by atoms with Crippen molar-refractivity contribution in [3.63, 3.8) is 0 Å². The molecule has 1 atom stereocenters. The Bertz CT molecular complexity index is 440. The van der Waals surface area contributed by atoms with Crippen molar-refractivity contribution in [1.82, 2.24) is 10.3 Å². The molecular formula is C16H24N2O2. The summed E-state index contributed by atoms with van der Waals surface area (Å²) in [4.78, 5) is 15.0. The molecular weight excluding hydrogens is 252 g/mol. The molecule has 20 heavy (non-hydrogen) atoms. The van der Waals surface area contributed by atoms with Crippen molar-refractivity contribution >= 4 is 5.97 Å². The second kappa shape index (κ2) is 7.39. The molecule has 2 rings (SSSR count). The fourth-order valence-electron chi connectivity index (χ4n) is 2.94. The van der Waals surface area contributed by atoms with E-state index in [2.05, 4.69) is 17.2 Å². The third kappa shape index (κ3) is 4.30. The fraction of sp³-hybridized carbons (Fsp3) is 0.625. The molecule has 1 aromatic rings. The quantitative estimate of drug-likeness (QED) is 0.811. The fourth-order valence-corrected chi connectivity index (χ4v) is 2.94. The molecule has 0 radical (unpaired) electrons. The first-order valence-electron chi connectivity index (χ1n) is 7.59. The summed E-state index contributed by atoms with van der Waals surface area (Å²) in [6, 6.07) is 5.62. The lowest BCUT2D eigenvalue weighted by atomic mass is 9.93. The van der Waals surface area contributed by atoms with E-state index in [1.54, 1.807) is 6.07 Å². The molecule has 0 aliphatic heterocycles. The topological polar surface area (TPSA) is 62.2 Å². The SMILES string of the molecule is C[C@H](NCc1cccc(C(=O)O)n1)C1CCCCCC1. The summed E-state index contributed by atoms with van der Waals surface area (Å²) in [6.45, 7) is 2.87. The Hall–Kier alpha value is -1.42. The van der Waals surface area contributed by atoms with Crippen molar-refractivity contribution in [1.29, 1.82) is 0 Å². The van der Waals surface area contributed by atoms with E-state index >= 15 is 0 Å². The number of carboxylic acid groups (broad SMARTS) is 1. The lowest BCUT2D eigenvalue weighted by Gasteiger charge is -2.23. The van der Waals surface area contributed by atoms with Crippen molar-refractivity contribution in [3.05, 3.63) is 29.6 Å². The zero-order valence-corrected chi connectivity index (χ0v) is 12.1. The van der Waals surface area contributed by atoms with Crippen LogP contribution >= 0.6 is 0 Å². The van der Waals surface area contributed by atoms with E-state index in [0.29, 0.717) is 12.6 Å². The van der Waals surface area contributed by atoms with E-state index in [4.69, 9.17) is 5.11 Å². The molecule has 0 unspecified atom stereocenters. The van der Waals surface area contributed by atoms with Gasteiger partial charge in [0.15, 0.2) is 0 Å². The van der Waals surface area contributed by atoms with Crippen molar-refractivity contribution < 1.29 is 9.90 Å². The standard InChI is InChI=1S/C16H24N2O2/c1-12(13-7-4-2-3-5-8-13)17-11-14-9-6-10-15(18-14)16(19)20/h6,9-10,12-13,17H,2-5,7-8,11H2,1H3,(H,19,20)/t12-/m0/s1. The number of nitrogens with one attached hydrogen (secondary N) is 1. The van der Waals surface area contributed by atoms with Crippen molar-refractivity contribution in [2.24, 2.45) is 5.92 Å². The van der Waals surface area contributed by atoms with E-state index in [1.165, 1.54) is 44.6 Å². The van der Waals surface area contributed by atoms with Gasteiger partial charge in [-0.15, -0.1) is 0 Å². The van der Waals surface area contributed by atoms with Gasteiger partial charge in [0.05, 0.1) is 5.69 Å². The van der Waals surface area contributed by atoms with Crippen LogP contribution in [0.3, 0.4) is 0 Å². The Balaban J connectivity index is 1.87. The molecule has 1 aliphatic carbocycles. The smallest absolute Gasteiger partial charge is 0.354 e. The van der Waals surface area contributed by atoms with Crippen LogP contribution in [0.15, 0.2) is 18.2 Å². The average molecular weight is 276 g/mol. The van der Waals surface area contributed by atoms with Crippen LogP contribution in [0.25, 0.3) is 0 Å². The maximum atomic E-state index is 10.9. The molecule has 1 aromatic heterocycles. The van der Waals surface area contributed by atoms with Gasteiger partial charge in [-0.3, -0.25) is 0 Å². The van der Waals surface area contributed by atoms with E-state index in [0.717, 1.165) is 11.6 Å². The molecule has 0 saturated heterocycles. The number of aromatic carboxylic acids is 1. The third-order valence-electron chi connectivity index (χ3n) is 4.24. The molecule has 1 fully saturated rings. The first kappa shape index (κ1) is 15.0. The lowest BCUT2D eigenvalue weighted by Crippen LogP contribution is -2.33. The maximum absolute atomic E-state index is 10.9. The van der Waals surface area contributed by atoms with Gasteiger partial charge in [0.2, 0.25) is 0 Å². The summed E-state index contributed by atoms with van der Waals surface area (Å²) in [6.07, 6.45) is 8.01. The lowest BCUT2D eigenvalue weighted by molar-refractivity contribution is 0.0690. The van der Waals surface area contributed by atoms with Gasteiger partial charge in [-0.1, -0.05) is 31.7 Å². The molecule has 4 nitrogen and oxygen atoms in total. The number of pyridine rings is 1. The van der Waals surface area contributed by atoms with E-state index in [1.807, 2.05) is 6.07 Å². The Labute approximate surface area is 120 Å². The molecule has 0 spiro atoms. The van der Waals surface area contributed by atoms with Crippen LogP contribution in [-0.2, 0) is 6.54 Å². The minimum Gasteiger partial charge on any atom is -0.477 e. The van der Waals surface area contributed by atoms with Crippen LogP contribution in [0, 0.1) is 5.92 Å². The second-order valence-electron chi connectivity index (χ2n) is 5.74. The van der Waals surface area contributed by atoms with Gasteiger partial charge < -0.3 is 10.4 Å². The van der Waals surface area contributed by atoms with Crippen molar-refractivity contribution in [3.8, 4) is 0 Å². The van der Waals surface area contributed by atoms with Crippen LogP contribution in [-0.4, -0.2) is 22.1 Å². The highest BCUT2D eigenvalue weighted by Crippen LogP contribution is 2.25. The molecule has 4 heteroatoms. The van der Waals surface area contributed by atoms with Crippen LogP contribution in [0.1, 0.15) is 61.6 Å². The van der Waals surface area contributed by atoms with Crippen molar-refractivity contribution in [2.45, 2.75) is 58.0 Å². The van der Waals surface area contributed by atoms with E-state index in [-0.39, 0.29) is 5.69 Å². The molecule has 2 N–H and O–H groups in total. The highest BCUT2D eigenvalue weighted by molar-refractivity contribution is 5.85. The van der Waals surface area contributed by atoms with Crippen LogP contribution in [0.4, 0.5) is 0 Å². The summed E-state index contributed by atoms with van der Waals surface area (Å²) < 4.78 is 0. The number of rotatable bonds is 5. The summed E-state index contributed by atoms with van der Waals surface area (Å²) in [7, 11) is 0. The highest BCUT2D eigenvalue weighted by Gasteiger charge is 2.18. The van der Waals surface area contributed by atoms with Gasteiger partial charge in [0, 0.05) is 12.6 Å². The van der Waals surface area contributed by atoms with Crippen LogP contribution in [0.2, 0.25) is 0 Å². The second-order valence-corrected chi connectivity index (χ2v) is 5.74. The number of carbonyl (C=O) groups is 1. The molecule has 0 aromatic carbocycles. The molecule has 0 amide bonds. The van der Waals surface area contributed by atoms with Gasteiger partial charge >= 0.3 is 5.97 Å². The Morgan fingerprint density at radius 1 is 1.35 bits per heavy atom. The molecule has 1 saturated carbocycles. The molecule has 0 bridgehead atoms. The van der Waals surface area contributed by atoms with E-state index < -0.39 is 5.97 Å². The zero-order valence-electron chi connectivity index (χ0n) is 12.1. The summed E-state index contributed by atoms with van der Waals surface area (Å²) in [5.41, 5.74) is 0.914. The van der Waals surface area contributed by atoms with Gasteiger partial charge in [0.25, 0.3) is 0 Å². The van der Waals surface area contributed by atoms with Crippen molar-refractivity contribution in [2.75, 3.05) is 0 Å². The monoisotopic (exact) mass is 276 g/mol. The first-order chi connectivity index (χ1) is 9.66. The highest BCUT2D eigenvalue weighted by atomic mass is 16.4. The Kier molecular flexibility index (Phi) is 5.53. The normalized spacial score (nSPS) is 18.4. The van der Waals surface area contributed by atoms with E-state index in [9.17, 15) is 4.79 Å². The van der Waals surface area contributed by atoms with Gasteiger partial charge in [-0.05, 0) is 37.8 Å². The maximum Gasteiger partial charge on any atom is 0.354 e. The average Bonchev–Trinajstić information content (AvgIpc) is 2.74. The van der Waals surface area contributed by atoms with Gasteiger partial charge in [0.1, 0.15) is 5.69 Å². The van der Waals surface area contributed by atoms with Gasteiger partial charge in [-0.2, -0.15) is 0 Å². The minimum atomic E-state index is -0.969. The van der Waals surface area contributed by atoms with Gasteiger partial charge in [-0.25, -0.2) is 9.78 Å². The molecule has 1 heterocycles. The summed E-state index contributed by atoms with van der Waals surface area (Å²) in [5, 5.41) is 12.4. The summed E-state index contributed by atoms with van der Waals surface area (Å²) >= 11 is 0. The number of aromatic nitrogens is 1. The largest absolute Gasteiger partial charge is 0.477 e. The number of hydrogen-bond donors (Lipinski definition) is 2. The summed E-state index contributed by atoms with van der Waals surface area (Å²) in [5.74, 6) is -0.233.